The first-order valence-electron chi connectivity index (χ1n) is 7.26. The maximum Gasteiger partial charge on any atom is 0.124 e. The molecule has 4 nitrogen and oxygen atoms in total. The number of nitrogens with one attached hydrogen (secondary N) is 1. The minimum absolute atomic E-state index is 0.258. The normalized spacial score (nSPS) is 12.3. The molecule has 0 aliphatic rings. The molecule has 0 amide bonds. The standard InChI is InChI=1S/C16H27NO3/c1-4-10-17-15(9-11-18-2)14-7-5-6-8-16(14)20-13-12-19-3/h5-8,15,17H,4,9-13H2,1-3H3. The molecule has 1 unspecified atom stereocenters. The molecule has 114 valence electrons. The molecule has 0 spiro atoms. The van der Waals surface area contributed by atoms with Crippen LogP contribution in [0.25, 0.3) is 0 Å². The fourth-order valence-corrected chi connectivity index (χ4v) is 2.06. The van der Waals surface area contributed by atoms with Gasteiger partial charge in [0, 0.05) is 32.4 Å². The van der Waals surface area contributed by atoms with Crippen LogP contribution in [0.1, 0.15) is 31.4 Å². The number of rotatable bonds is 11. The Morgan fingerprint density at radius 3 is 2.50 bits per heavy atom. The smallest absolute Gasteiger partial charge is 0.124 e. The lowest BCUT2D eigenvalue weighted by Crippen LogP contribution is -2.24. The van der Waals surface area contributed by atoms with Crippen LogP contribution in [0.3, 0.4) is 0 Å². The molecular weight excluding hydrogens is 254 g/mol. The second kappa shape index (κ2) is 10.7. The van der Waals surface area contributed by atoms with Gasteiger partial charge in [-0.3, -0.25) is 0 Å². The Balaban J connectivity index is 2.75. The van der Waals surface area contributed by atoms with E-state index in [1.807, 2.05) is 18.2 Å². The summed E-state index contributed by atoms with van der Waals surface area (Å²) in [5.74, 6) is 0.925. The molecule has 0 aliphatic heterocycles. The maximum absolute atomic E-state index is 5.81. The van der Waals surface area contributed by atoms with Crippen LogP contribution in [-0.4, -0.2) is 40.6 Å². The SMILES string of the molecule is CCCNC(CCOC)c1ccccc1OCCOC. The van der Waals surface area contributed by atoms with Gasteiger partial charge < -0.3 is 19.5 Å². The lowest BCUT2D eigenvalue weighted by Gasteiger charge is -2.21. The fourth-order valence-electron chi connectivity index (χ4n) is 2.06. The summed E-state index contributed by atoms with van der Waals surface area (Å²) >= 11 is 0. The molecular formula is C16H27NO3. The van der Waals surface area contributed by atoms with Crippen LogP contribution in [0.4, 0.5) is 0 Å². The molecule has 0 aromatic heterocycles. The summed E-state index contributed by atoms with van der Waals surface area (Å²) in [7, 11) is 3.41. The molecule has 1 aromatic rings. The first kappa shape index (κ1) is 17.0. The molecule has 0 bridgehead atoms. The van der Waals surface area contributed by atoms with Gasteiger partial charge in [-0.2, -0.15) is 0 Å². The van der Waals surface area contributed by atoms with Gasteiger partial charge in [-0.25, -0.2) is 0 Å². The van der Waals surface area contributed by atoms with E-state index in [1.54, 1.807) is 14.2 Å². The van der Waals surface area contributed by atoms with Crippen molar-refractivity contribution in [1.82, 2.24) is 5.32 Å². The van der Waals surface area contributed by atoms with E-state index in [0.717, 1.165) is 31.7 Å². The fraction of sp³-hybridized carbons (Fsp3) is 0.625. The Morgan fingerprint density at radius 1 is 1.05 bits per heavy atom. The molecule has 0 fully saturated rings. The zero-order valence-corrected chi connectivity index (χ0v) is 12.9. The van der Waals surface area contributed by atoms with Crippen LogP contribution in [0, 0.1) is 0 Å². The topological polar surface area (TPSA) is 39.7 Å². The van der Waals surface area contributed by atoms with Crippen LogP contribution in [-0.2, 0) is 9.47 Å². The Kier molecular flexibility index (Phi) is 9.04. The highest BCUT2D eigenvalue weighted by molar-refractivity contribution is 5.36. The van der Waals surface area contributed by atoms with Gasteiger partial charge in [-0.1, -0.05) is 25.1 Å². The van der Waals surface area contributed by atoms with Gasteiger partial charge >= 0.3 is 0 Å². The lowest BCUT2D eigenvalue weighted by molar-refractivity contribution is 0.144. The monoisotopic (exact) mass is 281 g/mol. The maximum atomic E-state index is 5.81. The van der Waals surface area contributed by atoms with Crippen molar-refractivity contribution in [2.75, 3.05) is 40.6 Å². The Labute approximate surface area is 122 Å². The molecule has 20 heavy (non-hydrogen) atoms. The average Bonchev–Trinajstić information content (AvgIpc) is 2.48. The molecule has 0 saturated heterocycles. The quantitative estimate of drug-likeness (QED) is 0.633. The Hall–Kier alpha value is -1.10. The average molecular weight is 281 g/mol. The number of para-hydroxylation sites is 1. The van der Waals surface area contributed by atoms with Crippen LogP contribution in [0.2, 0.25) is 0 Å². The summed E-state index contributed by atoms with van der Waals surface area (Å²) in [4.78, 5) is 0. The summed E-state index contributed by atoms with van der Waals surface area (Å²) in [6.07, 6.45) is 2.04. The first-order chi connectivity index (χ1) is 9.83. The summed E-state index contributed by atoms with van der Waals surface area (Å²) < 4.78 is 16.1. The first-order valence-corrected chi connectivity index (χ1v) is 7.26. The van der Waals surface area contributed by atoms with Gasteiger partial charge in [0.25, 0.3) is 0 Å². The molecule has 4 heteroatoms. The van der Waals surface area contributed by atoms with Crippen molar-refractivity contribution in [3.63, 3.8) is 0 Å². The van der Waals surface area contributed by atoms with E-state index in [-0.39, 0.29) is 6.04 Å². The molecule has 1 rings (SSSR count). The van der Waals surface area contributed by atoms with E-state index in [9.17, 15) is 0 Å². The van der Waals surface area contributed by atoms with Gasteiger partial charge in [0.2, 0.25) is 0 Å². The summed E-state index contributed by atoms with van der Waals surface area (Å²) in [5, 5.41) is 3.56. The van der Waals surface area contributed by atoms with Crippen molar-refractivity contribution in [3.8, 4) is 5.75 Å². The van der Waals surface area contributed by atoms with E-state index in [0.29, 0.717) is 13.2 Å². The second-order valence-corrected chi connectivity index (χ2v) is 4.67. The Morgan fingerprint density at radius 2 is 1.80 bits per heavy atom. The zero-order chi connectivity index (χ0) is 14.6. The summed E-state index contributed by atoms with van der Waals surface area (Å²) in [6.45, 7) is 5.05. The van der Waals surface area contributed by atoms with Crippen LogP contribution in [0.5, 0.6) is 5.75 Å². The highest BCUT2D eigenvalue weighted by Gasteiger charge is 2.15. The van der Waals surface area contributed by atoms with Gasteiger partial charge in [0.15, 0.2) is 0 Å². The van der Waals surface area contributed by atoms with Crippen LogP contribution >= 0.6 is 0 Å². The number of ether oxygens (including phenoxy) is 3. The summed E-state index contributed by atoms with van der Waals surface area (Å²) in [6, 6.07) is 8.43. The van der Waals surface area contributed by atoms with Gasteiger partial charge in [-0.15, -0.1) is 0 Å². The highest BCUT2D eigenvalue weighted by Crippen LogP contribution is 2.27. The highest BCUT2D eigenvalue weighted by atomic mass is 16.5. The van der Waals surface area contributed by atoms with E-state index in [1.165, 1.54) is 5.56 Å². The van der Waals surface area contributed by atoms with Crippen molar-refractivity contribution in [3.05, 3.63) is 29.8 Å². The summed E-state index contributed by atoms with van der Waals surface area (Å²) in [5.41, 5.74) is 1.19. The Bertz CT molecular complexity index is 349. The number of methoxy groups -OCH3 is 2. The third-order valence-electron chi connectivity index (χ3n) is 3.09. The van der Waals surface area contributed by atoms with Crippen molar-refractivity contribution in [1.29, 1.82) is 0 Å². The number of hydrogen-bond acceptors (Lipinski definition) is 4. The predicted molar refractivity (Wildman–Crippen MR) is 81.3 cm³/mol. The predicted octanol–water partition coefficient (Wildman–Crippen LogP) is 2.79. The largest absolute Gasteiger partial charge is 0.491 e. The minimum Gasteiger partial charge on any atom is -0.491 e. The third kappa shape index (κ3) is 5.90. The third-order valence-corrected chi connectivity index (χ3v) is 3.09. The van der Waals surface area contributed by atoms with Gasteiger partial charge in [0.1, 0.15) is 12.4 Å². The molecule has 1 atom stereocenters. The van der Waals surface area contributed by atoms with Gasteiger partial charge in [0.05, 0.1) is 6.61 Å². The number of hydrogen-bond donors (Lipinski definition) is 1. The molecule has 1 aromatic carbocycles. The van der Waals surface area contributed by atoms with E-state index >= 15 is 0 Å². The van der Waals surface area contributed by atoms with E-state index < -0.39 is 0 Å². The molecule has 0 radical (unpaired) electrons. The molecule has 0 heterocycles. The van der Waals surface area contributed by atoms with Crippen molar-refractivity contribution in [2.45, 2.75) is 25.8 Å². The minimum atomic E-state index is 0.258. The molecule has 1 N–H and O–H groups in total. The van der Waals surface area contributed by atoms with E-state index in [2.05, 4.69) is 18.3 Å². The van der Waals surface area contributed by atoms with Crippen LogP contribution < -0.4 is 10.1 Å². The van der Waals surface area contributed by atoms with Crippen molar-refractivity contribution in [2.24, 2.45) is 0 Å². The molecule has 0 aliphatic carbocycles. The van der Waals surface area contributed by atoms with Gasteiger partial charge in [-0.05, 0) is 25.5 Å². The van der Waals surface area contributed by atoms with Crippen LogP contribution in [0.15, 0.2) is 24.3 Å². The number of benzene rings is 1. The lowest BCUT2D eigenvalue weighted by atomic mass is 10.0. The molecule has 0 saturated carbocycles. The van der Waals surface area contributed by atoms with Crippen molar-refractivity contribution < 1.29 is 14.2 Å². The van der Waals surface area contributed by atoms with E-state index in [4.69, 9.17) is 14.2 Å². The second-order valence-electron chi connectivity index (χ2n) is 4.67. The zero-order valence-electron chi connectivity index (χ0n) is 12.9. The van der Waals surface area contributed by atoms with Crippen molar-refractivity contribution >= 4 is 0 Å².